The molecule has 1 spiro atoms. The van der Waals surface area contributed by atoms with Crippen molar-refractivity contribution in [3.05, 3.63) is 229 Å². The smallest absolute Gasteiger partial charge is 0.134 e. The third-order valence-electron chi connectivity index (χ3n) is 13.4. The largest absolute Gasteiger partial charge is 0.309 e. The van der Waals surface area contributed by atoms with E-state index in [1.807, 2.05) is 0 Å². The Bertz CT molecular complexity index is 3680. The fourth-order valence-corrected chi connectivity index (χ4v) is 11.0. The minimum atomic E-state index is -0.561. The molecule has 0 saturated heterocycles. The van der Waals surface area contributed by atoms with Gasteiger partial charge in [0.05, 0.1) is 38.8 Å². The van der Waals surface area contributed by atoms with Crippen LogP contribution in [-0.4, -0.2) is 18.7 Å². The van der Waals surface area contributed by atoms with Gasteiger partial charge in [-0.25, -0.2) is 4.98 Å². The van der Waals surface area contributed by atoms with Crippen LogP contribution in [0.5, 0.6) is 0 Å². The average molecular weight is 763 g/mol. The molecule has 1 aliphatic carbocycles. The number of hydrogen-bond acceptors (Lipinski definition) is 1. The minimum absolute atomic E-state index is 0.561. The normalized spacial score (nSPS) is 13.5. The fourth-order valence-electron chi connectivity index (χ4n) is 11.0. The van der Waals surface area contributed by atoms with Gasteiger partial charge in [-0.15, -0.1) is 0 Å². The van der Waals surface area contributed by atoms with E-state index in [4.69, 9.17) is 4.98 Å². The fraction of sp³-hybridized carbons (Fsp3) is 0.0179. The van der Waals surface area contributed by atoms with Crippen molar-refractivity contribution in [2.75, 3.05) is 0 Å². The summed E-state index contributed by atoms with van der Waals surface area (Å²) in [7, 11) is 0. The molecule has 0 unspecified atom stereocenters. The van der Waals surface area contributed by atoms with Gasteiger partial charge in [-0.3, -0.25) is 4.57 Å². The highest BCUT2D eigenvalue weighted by atomic mass is 15.1. The van der Waals surface area contributed by atoms with Crippen LogP contribution in [0.25, 0.3) is 94.0 Å². The molecular formula is C56H34N4. The molecule has 3 aromatic heterocycles. The molecule has 0 amide bonds. The van der Waals surface area contributed by atoms with Crippen molar-refractivity contribution in [2.24, 2.45) is 0 Å². The number of benzene rings is 9. The predicted octanol–water partition coefficient (Wildman–Crippen LogP) is 13.6. The van der Waals surface area contributed by atoms with E-state index in [0.29, 0.717) is 0 Å². The molecule has 0 atom stereocenters. The van der Waals surface area contributed by atoms with E-state index in [-0.39, 0.29) is 0 Å². The molecule has 0 fully saturated rings. The molecule has 278 valence electrons. The van der Waals surface area contributed by atoms with Crippen LogP contribution in [0.4, 0.5) is 0 Å². The summed E-state index contributed by atoms with van der Waals surface area (Å²) in [6.45, 7) is 0. The summed E-state index contributed by atoms with van der Waals surface area (Å²) in [5.41, 5.74) is 18.7. The van der Waals surface area contributed by atoms with Crippen molar-refractivity contribution in [2.45, 2.75) is 5.41 Å². The van der Waals surface area contributed by atoms with Crippen LogP contribution in [-0.2, 0) is 5.41 Å². The van der Waals surface area contributed by atoms with Crippen LogP contribution < -0.4 is 0 Å². The zero-order valence-corrected chi connectivity index (χ0v) is 32.4. The lowest BCUT2D eigenvalue weighted by molar-refractivity contribution is 0.737. The van der Waals surface area contributed by atoms with Gasteiger partial charge in [0.2, 0.25) is 0 Å². The Morgan fingerprint density at radius 2 is 0.833 bits per heavy atom. The average Bonchev–Trinajstić information content (AvgIpc) is 4.09. The Morgan fingerprint density at radius 3 is 1.50 bits per heavy atom. The summed E-state index contributed by atoms with van der Waals surface area (Å²) in [5, 5.41) is 5.02. The van der Waals surface area contributed by atoms with Gasteiger partial charge in [-0.2, -0.15) is 0 Å². The summed E-state index contributed by atoms with van der Waals surface area (Å²) in [6.07, 6.45) is 0. The number of imidazole rings is 1. The molecule has 4 heterocycles. The molecular weight excluding hydrogens is 729 g/mol. The lowest BCUT2D eigenvalue weighted by Gasteiger charge is -2.27. The Kier molecular flexibility index (Phi) is 6.19. The molecule has 4 heteroatoms. The first-order valence-corrected chi connectivity index (χ1v) is 20.7. The predicted molar refractivity (Wildman–Crippen MR) is 246 cm³/mol. The molecule has 14 rings (SSSR count). The minimum Gasteiger partial charge on any atom is -0.309 e. The lowest BCUT2D eigenvalue weighted by atomic mass is 9.73. The molecule has 0 bridgehead atoms. The first-order chi connectivity index (χ1) is 29.8. The van der Waals surface area contributed by atoms with E-state index in [9.17, 15) is 0 Å². The van der Waals surface area contributed by atoms with Gasteiger partial charge in [0.15, 0.2) is 0 Å². The van der Waals surface area contributed by atoms with Crippen molar-refractivity contribution in [3.63, 3.8) is 0 Å². The molecule has 60 heavy (non-hydrogen) atoms. The van der Waals surface area contributed by atoms with Crippen LogP contribution in [0, 0.1) is 0 Å². The number of fused-ring (bicyclic) bond motifs is 18. The highest BCUT2D eigenvalue weighted by Gasteiger charge is 2.54. The Hall–Kier alpha value is -7.95. The molecule has 9 aromatic carbocycles. The van der Waals surface area contributed by atoms with Crippen LogP contribution in [0.3, 0.4) is 0 Å². The van der Waals surface area contributed by atoms with E-state index < -0.39 is 5.41 Å². The van der Waals surface area contributed by atoms with Gasteiger partial charge < -0.3 is 9.13 Å². The number of para-hydroxylation sites is 5. The van der Waals surface area contributed by atoms with Crippen LogP contribution >= 0.6 is 0 Å². The van der Waals surface area contributed by atoms with E-state index in [1.54, 1.807) is 0 Å². The van der Waals surface area contributed by atoms with Crippen molar-refractivity contribution in [1.29, 1.82) is 0 Å². The Balaban J connectivity index is 0.952. The van der Waals surface area contributed by atoms with Crippen LogP contribution in [0.2, 0.25) is 0 Å². The van der Waals surface area contributed by atoms with E-state index >= 15 is 0 Å². The first-order valence-electron chi connectivity index (χ1n) is 20.7. The number of nitrogens with zero attached hydrogens (tertiary/aromatic N) is 4. The quantitative estimate of drug-likeness (QED) is 0.176. The van der Waals surface area contributed by atoms with Crippen molar-refractivity contribution in [3.8, 4) is 39.3 Å². The second-order valence-electron chi connectivity index (χ2n) is 16.3. The standard InChI is InChI=1S/C56H34N4/c1-6-18-45-39(13-1)40-14-2-7-19-46(40)56(45)47-34-38(30-32-53(47)60-54-24-12-8-20-48(54)57-55(56)60)59-51-23-11-5-17-43(51)44-33-36(27-31-52(44)59)35-25-28-37(29-26-35)58-49-21-9-3-15-41(49)42-16-4-10-22-50(42)58/h1-34H. The molecule has 1 aliphatic heterocycles. The number of hydrogen-bond donors (Lipinski definition) is 0. The van der Waals surface area contributed by atoms with Gasteiger partial charge in [0.1, 0.15) is 11.2 Å². The molecule has 0 N–H and O–H groups in total. The maximum atomic E-state index is 5.47. The Morgan fingerprint density at radius 1 is 0.333 bits per heavy atom. The summed E-state index contributed by atoms with van der Waals surface area (Å²) in [6, 6.07) is 75.8. The highest BCUT2D eigenvalue weighted by molar-refractivity contribution is 6.11. The number of aromatic nitrogens is 4. The second-order valence-corrected chi connectivity index (χ2v) is 16.3. The maximum absolute atomic E-state index is 5.47. The van der Waals surface area contributed by atoms with Gasteiger partial charge in [0, 0.05) is 38.5 Å². The summed E-state index contributed by atoms with van der Waals surface area (Å²) >= 11 is 0. The van der Waals surface area contributed by atoms with E-state index in [1.165, 1.54) is 88.2 Å². The molecule has 0 radical (unpaired) electrons. The van der Waals surface area contributed by atoms with Crippen LogP contribution in [0.15, 0.2) is 206 Å². The van der Waals surface area contributed by atoms with Crippen molar-refractivity contribution in [1.82, 2.24) is 18.7 Å². The van der Waals surface area contributed by atoms with Crippen molar-refractivity contribution < 1.29 is 0 Å². The molecule has 12 aromatic rings. The number of rotatable bonds is 3. The summed E-state index contributed by atoms with van der Waals surface area (Å²) < 4.78 is 7.25. The highest BCUT2D eigenvalue weighted by Crippen LogP contribution is 2.60. The molecule has 4 nitrogen and oxygen atoms in total. The SMILES string of the molecule is c1ccc2c(c1)-c1ccccc1C21c2cc(-n3c4ccccc4c4cc(-c5ccc(-n6c7ccccc7c7ccccc76)cc5)ccc43)ccc2-n2c1nc1ccccc12. The zero-order chi connectivity index (χ0) is 39.1. The van der Waals surface area contributed by atoms with E-state index in [0.717, 1.165) is 28.2 Å². The van der Waals surface area contributed by atoms with Crippen molar-refractivity contribution >= 4 is 54.6 Å². The van der Waals surface area contributed by atoms with Gasteiger partial charge in [-0.05, 0) is 106 Å². The zero-order valence-electron chi connectivity index (χ0n) is 32.4. The van der Waals surface area contributed by atoms with Gasteiger partial charge >= 0.3 is 0 Å². The maximum Gasteiger partial charge on any atom is 0.134 e. The summed E-state index contributed by atoms with van der Waals surface area (Å²) in [4.78, 5) is 5.47. The topological polar surface area (TPSA) is 27.7 Å². The third kappa shape index (κ3) is 3.97. The second kappa shape index (κ2) is 11.6. The Labute approximate surface area is 345 Å². The molecule has 0 saturated carbocycles. The van der Waals surface area contributed by atoms with Gasteiger partial charge in [0.25, 0.3) is 0 Å². The first kappa shape index (κ1) is 32.1. The lowest BCUT2D eigenvalue weighted by Crippen LogP contribution is -2.27. The van der Waals surface area contributed by atoms with E-state index in [2.05, 4.69) is 220 Å². The monoisotopic (exact) mass is 762 g/mol. The van der Waals surface area contributed by atoms with Crippen LogP contribution in [0.1, 0.15) is 22.5 Å². The van der Waals surface area contributed by atoms with Gasteiger partial charge in [-0.1, -0.05) is 133 Å². The third-order valence-corrected chi connectivity index (χ3v) is 13.4. The molecule has 2 aliphatic rings. The summed E-state index contributed by atoms with van der Waals surface area (Å²) in [5.74, 6) is 1.06.